The highest BCUT2D eigenvalue weighted by Crippen LogP contribution is 2.06. The van der Waals surface area contributed by atoms with Crippen molar-refractivity contribution in [2.75, 3.05) is 26.2 Å². The summed E-state index contributed by atoms with van der Waals surface area (Å²) in [6, 6.07) is 4.25. The number of aromatic nitrogens is 4. The summed E-state index contributed by atoms with van der Waals surface area (Å²) >= 11 is 0. The molecule has 0 aliphatic carbocycles. The van der Waals surface area contributed by atoms with Gasteiger partial charge in [0.15, 0.2) is 0 Å². The van der Waals surface area contributed by atoms with E-state index in [0.717, 1.165) is 63.4 Å². The molecule has 0 saturated carbocycles. The summed E-state index contributed by atoms with van der Waals surface area (Å²) in [4.78, 5) is 2.49. The van der Waals surface area contributed by atoms with Crippen molar-refractivity contribution in [1.82, 2.24) is 24.5 Å². The molecule has 0 aliphatic rings. The van der Waals surface area contributed by atoms with Gasteiger partial charge in [-0.05, 0) is 65.6 Å². The molecule has 0 aromatic carbocycles. The van der Waals surface area contributed by atoms with Gasteiger partial charge in [-0.25, -0.2) is 0 Å². The number of rotatable bonds is 11. The van der Waals surface area contributed by atoms with Gasteiger partial charge in [-0.3, -0.25) is 14.3 Å². The summed E-state index contributed by atoms with van der Waals surface area (Å²) in [5, 5.41) is 18.1. The van der Waals surface area contributed by atoms with Crippen molar-refractivity contribution < 1.29 is 5.11 Å². The third-order valence-electron chi connectivity index (χ3n) is 4.60. The number of hydrogen-bond acceptors (Lipinski definition) is 4. The Labute approximate surface area is 151 Å². The minimum atomic E-state index is 0.289. The van der Waals surface area contributed by atoms with Crippen LogP contribution in [0.15, 0.2) is 12.1 Å². The van der Waals surface area contributed by atoms with Gasteiger partial charge in [0.2, 0.25) is 0 Å². The second-order valence-corrected chi connectivity index (χ2v) is 6.93. The van der Waals surface area contributed by atoms with Crippen LogP contribution in [-0.4, -0.2) is 55.8 Å². The van der Waals surface area contributed by atoms with Crippen LogP contribution < -0.4 is 0 Å². The summed E-state index contributed by atoms with van der Waals surface area (Å²) < 4.78 is 4.19. The predicted molar refractivity (Wildman–Crippen MR) is 101 cm³/mol. The Morgan fingerprint density at radius 3 is 1.72 bits per heavy atom. The molecule has 0 fully saturated rings. The number of hydrogen-bond donors (Lipinski definition) is 1. The Kier molecular flexibility index (Phi) is 7.65. The Hall–Kier alpha value is -1.66. The first kappa shape index (κ1) is 19.7. The molecular formula is C19H33N5O. The highest BCUT2D eigenvalue weighted by atomic mass is 16.2. The number of nitrogens with zero attached hydrogens (tertiary/aromatic N) is 5. The quantitative estimate of drug-likeness (QED) is 0.635. The lowest BCUT2D eigenvalue weighted by Crippen LogP contribution is -2.32. The van der Waals surface area contributed by atoms with E-state index in [1.807, 2.05) is 13.8 Å². The molecule has 6 heteroatoms. The first-order valence-electron chi connectivity index (χ1n) is 9.35. The average Bonchev–Trinajstić information content (AvgIpc) is 3.06. The maximum Gasteiger partial charge on any atom is 0.0596 e. The van der Waals surface area contributed by atoms with Gasteiger partial charge in [0.05, 0.1) is 24.5 Å². The Bertz CT molecular complexity index is 596. The Morgan fingerprint density at radius 1 is 0.800 bits per heavy atom. The molecule has 2 heterocycles. The van der Waals surface area contributed by atoms with E-state index in [2.05, 4.69) is 50.4 Å². The maximum absolute atomic E-state index is 8.96. The molecule has 25 heavy (non-hydrogen) atoms. The van der Waals surface area contributed by atoms with Crippen LogP contribution in [0.2, 0.25) is 0 Å². The zero-order chi connectivity index (χ0) is 18.2. The van der Waals surface area contributed by atoms with E-state index in [9.17, 15) is 0 Å². The zero-order valence-electron chi connectivity index (χ0n) is 16.2. The second kappa shape index (κ2) is 9.73. The molecule has 0 radical (unpaired) electrons. The van der Waals surface area contributed by atoms with Gasteiger partial charge in [-0.1, -0.05) is 0 Å². The fourth-order valence-electron chi connectivity index (χ4n) is 3.23. The Morgan fingerprint density at radius 2 is 1.32 bits per heavy atom. The monoisotopic (exact) mass is 347 g/mol. The average molecular weight is 348 g/mol. The van der Waals surface area contributed by atoms with Gasteiger partial charge in [0.1, 0.15) is 0 Å². The van der Waals surface area contributed by atoms with Crippen LogP contribution in [0.3, 0.4) is 0 Å². The van der Waals surface area contributed by atoms with Gasteiger partial charge >= 0.3 is 0 Å². The van der Waals surface area contributed by atoms with E-state index < -0.39 is 0 Å². The molecule has 0 saturated heterocycles. The summed E-state index contributed by atoms with van der Waals surface area (Å²) in [5.74, 6) is 0. The van der Waals surface area contributed by atoms with E-state index in [1.165, 1.54) is 11.4 Å². The number of aliphatic hydroxyl groups is 1. The Balaban J connectivity index is 1.89. The standard InChI is InChI=1S/C19H33N5O/c1-16-14-18(3)23(20-16)11-9-22(8-6-5-7-13-25)10-12-24-19(4)15-17(2)21-24/h14-15,25H,5-13H2,1-4H3. The summed E-state index contributed by atoms with van der Waals surface area (Å²) in [6.07, 6.45) is 3.09. The third kappa shape index (κ3) is 6.29. The molecule has 0 bridgehead atoms. The molecular weight excluding hydrogens is 314 g/mol. The van der Waals surface area contributed by atoms with Gasteiger partial charge < -0.3 is 5.11 Å². The molecule has 1 N–H and O–H groups in total. The van der Waals surface area contributed by atoms with Crippen LogP contribution in [0.25, 0.3) is 0 Å². The molecule has 140 valence electrons. The molecule has 6 nitrogen and oxygen atoms in total. The first-order valence-corrected chi connectivity index (χ1v) is 9.35. The van der Waals surface area contributed by atoms with Crippen molar-refractivity contribution in [2.24, 2.45) is 0 Å². The van der Waals surface area contributed by atoms with Crippen molar-refractivity contribution in [3.8, 4) is 0 Å². The van der Waals surface area contributed by atoms with Crippen molar-refractivity contribution >= 4 is 0 Å². The van der Waals surface area contributed by atoms with Crippen LogP contribution >= 0.6 is 0 Å². The van der Waals surface area contributed by atoms with Crippen molar-refractivity contribution in [3.63, 3.8) is 0 Å². The van der Waals surface area contributed by atoms with Gasteiger partial charge in [-0.15, -0.1) is 0 Å². The van der Waals surface area contributed by atoms with Gasteiger partial charge in [0, 0.05) is 31.1 Å². The lowest BCUT2D eigenvalue weighted by molar-refractivity contribution is 0.231. The summed E-state index contributed by atoms with van der Waals surface area (Å²) in [6.45, 7) is 13.4. The SMILES string of the molecule is Cc1cc(C)n(CCN(CCCCCO)CCn2nc(C)cc2C)n1. The molecule has 2 aromatic heterocycles. The van der Waals surface area contributed by atoms with Crippen molar-refractivity contribution in [2.45, 2.75) is 60.0 Å². The molecule has 2 aromatic rings. The van der Waals surface area contributed by atoms with E-state index >= 15 is 0 Å². The first-order chi connectivity index (χ1) is 12.0. The predicted octanol–water partition coefficient (Wildman–Crippen LogP) is 2.48. The third-order valence-corrected chi connectivity index (χ3v) is 4.60. The number of aliphatic hydroxyl groups excluding tert-OH is 1. The molecule has 0 aliphatic heterocycles. The highest BCUT2D eigenvalue weighted by Gasteiger charge is 2.09. The van der Waals surface area contributed by atoms with Crippen LogP contribution in [-0.2, 0) is 13.1 Å². The summed E-state index contributed by atoms with van der Waals surface area (Å²) in [5.41, 5.74) is 4.59. The van der Waals surface area contributed by atoms with Crippen molar-refractivity contribution in [1.29, 1.82) is 0 Å². The van der Waals surface area contributed by atoms with Crippen LogP contribution in [0.4, 0.5) is 0 Å². The molecule has 0 atom stereocenters. The number of unbranched alkanes of at least 4 members (excludes halogenated alkanes) is 2. The topological polar surface area (TPSA) is 59.1 Å². The van der Waals surface area contributed by atoms with Crippen molar-refractivity contribution in [3.05, 3.63) is 34.9 Å². The van der Waals surface area contributed by atoms with Crippen LogP contribution in [0.1, 0.15) is 42.0 Å². The van der Waals surface area contributed by atoms with Gasteiger partial charge in [0.25, 0.3) is 0 Å². The van der Waals surface area contributed by atoms with E-state index in [4.69, 9.17) is 5.11 Å². The smallest absolute Gasteiger partial charge is 0.0596 e. The highest BCUT2D eigenvalue weighted by molar-refractivity contribution is 5.07. The lowest BCUT2D eigenvalue weighted by Gasteiger charge is -2.23. The second-order valence-electron chi connectivity index (χ2n) is 6.93. The van der Waals surface area contributed by atoms with E-state index in [1.54, 1.807) is 0 Å². The number of aryl methyl sites for hydroxylation is 4. The maximum atomic E-state index is 8.96. The largest absolute Gasteiger partial charge is 0.396 e. The van der Waals surface area contributed by atoms with E-state index in [0.29, 0.717) is 0 Å². The normalized spacial score (nSPS) is 11.6. The molecule has 0 unspecified atom stereocenters. The minimum absolute atomic E-state index is 0.289. The van der Waals surface area contributed by atoms with E-state index in [-0.39, 0.29) is 6.61 Å². The lowest BCUT2D eigenvalue weighted by atomic mass is 10.2. The minimum Gasteiger partial charge on any atom is -0.396 e. The van der Waals surface area contributed by atoms with Gasteiger partial charge in [-0.2, -0.15) is 10.2 Å². The fourth-order valence-corrected chi connectivity index (χ4v) is 3.23. The molecule has 2 rings (SSSR count). The molecule has 0 amide bonds. The zero-order valence-corrected chi connectivity index (χ0v) is 16.2. The van der Waals surface area contributed by atoms with Crippen LogP contribution in [0.5, 0.6) is 0 Å². The summed E-state index contributed by atoms with van der Waals surface area (Å²) in [7, 11) is 0. The fraction of sp³-hybridized carbons (Fsp3) is 0.684. The molecule has 0 spiro atoms. The van der Waals surface area contributed by atoms with Crippen LogP contribution in [0, 0.1) is 27.7 Å².